The molecule has 1 heterocycles. The van der Waals surface area contributed by atoms with Gasteiger partial charge in [-0.05, 0) is 63.8 Å². The van der Waals surface area contributed by atoms with Crippen LogP contribution in [-0.2, 0) is 4.43 Å². The van der Waals surface area contributed by atoms with Gasteiger partial charge in [0.2, 0.25) is 8.32 Å². The summed E-state index contributed by atoms with van der Waals surface area (Å²) in [5.41, 5.74) is 0. The van der Waals surface area contributed by atoms with Gasteiger partial charge in [-0.2, -0.15) is 0 Å². The lowest BCUT2D eigenvalue weighted by Gasteiger charge is -2.29. The first-order valence-electron chi connectivity index (χ1n) is 6.68. The highest BCUT2D eigenvalue weighted by Crippen LogP contribution is 2.25. The van der Waals surface area contributed by atoms with Crippen molar-refractivity contribution in [3.63, 3.8) is 0 Å². The Morgan fingerprint density at radius 3 is 2.47 bits per heavy atom. The number of nitrogens with zero attached hydrogens (tertiary/aromatic N) is 1. The van der Waals surface area contributed by atoms with Crippen molar-refractivity contribution in [3.8, 4) is 0 Å². The van der Waals surface area contributed by atoms with Crippen LogP contribution in [0.3, 0.4) is 0 Å². The van der Waals surface area contributed by atoms with Crippen molar-refractivity contribution in [2.45, 2.75) is 58.0 Å². The molecule has 0 bridgehead atoms. The molecule has 2 nitrogen and oxygen atoms in total. The molecule has 0 radical (unpaired) electrons. The highest BCUT2D eigenvalue weighted by atomic mass is 32.1. The predicted molar refractivity (Wildman–Crippen MR) is 84.7 cm³/mol. The maximum absolute atomic E-state index is 5.82. The third-order valence-electron chi connectivity index (χ3n) is 3.30. The van der Waals surface area contributed by atoms with Gasteiger partial charge in [0.15, 0.2) is 0 Å². The van der Waals surface area contributed by atoms with Gasteiger partial charge in [0.1, 0.15) is 13.3 Å². The van der Waals surface area contributed by atoms with Crippen LogP contribution in [0.4, 0.5) is 0 Å². The van der Waals surface area contributed by atoms with Gasteiger partial charge in [0.25, 0.3) is 0 Å². The van der Waals surface area contributed by atoms with Gasteiger partial charge < -0.3 is 8.99 Å². The largest absolute Gasteiger partial charge is 0.540 e. The van der Waals surface area contributed by atoms with Crippen LogP contribution in [0, 0.1) is 0 Å². The smallest absolute Gasteiger partial charge is 0.242 e. The van der Waals surface area contributed by atoms with Crippen molar-refractivity contribution in [1.29, 1.82) is 0 Å². The molecule has 100 valence electrons. The Hall–Kier alpha value is 0.284. The minimum absolute atomic E-state index is 0.836. The van der Waals surface area contributed by atoms with Crippen molar-refractivity contribution >= 4 is 33.8 Å². The zero-order chi connectivity index (χ0) is 13.1. The van der Waals surface area contributed by atoms with E-state index in [0.717, 1.165) is 11.5 Å². The van der Waals surface area contributed by atoms with E-state index < -0.39 is 16.6 Å². The van der Waals surface area contributed by atoms with Crippen LogP contribution in [0.2, 0.25) is 38.8 Å². The van der Waals surface area contributed by atoms with E-state index >= 15 is 0 Å². The summed E-state index contributed by atoms with van der Waals surface area (Å²) >= 11 is 5.30. The van der Waals surface area contributed by atoms with Gasteiger partial charge in [-0.15, -0.1) is 0 Å². The Morgan fingerprint density at radius 2 is 2.00 bits per heavy atom. The summed E-state index contributed by atoms with van der Waals surface area (Å²) in [6.07, 6.45) is 3.52. The van der Waals surface area contributed by atoms with Crippen molar-refractivity contribution < 1.29 is 4.43 Å². The molecule has 0 amide bonds. The SMILES string of the molecule is C[Si](C)(C)OC(=S)CCCN1CCC[Si]1(C)C. The molecule has 1 fully saturated rings. The van der Waals surface area contributed by atoms with E-state index in [1.807, 2.05) is 0 Å². The van der Waals surface area contributed by atoms with Gasteiger partial charge in [0.05, 0.1) is 0 Å². The molecule has 0 spiro atoms. The summed E-state index contributed by atoms with van der Waals surface area (Å²) < 4.78 is 8.54. The number of thiocarbonyl (C=S) groups is 1. The summed E-state index contributed by atoms with van der Waals surface area (Å²) in [6.45, 7) is 14.1. The zero-order valence-electron chi connectivity index (χ0n) is 12.0. The van der Waals surface area contributed by atoms with Gasteiger partial charge in [-0.25, -0.2) is 0 Å². The van der Waals surface area contributed by atoms with E-state index in [4.69, 9.17) is 16.6 Å². The van der Waals surface area contributed by atoms with E-state index in [1.165, 1.54) is 32.0 Å². The van der Waals surface area contributed by atoms with Crippen LogP contribution in [0.5, 0.6) is 0 Å². The molecule has 0 saturated carbocycles. The van der Waals surface area contributed by atoms with Gasteiger partial charge in [-0.3, -0.25) is 0 Å². The summed E-state index contributed by atoms with van der Waals surface area (Å²) in [6, 6.07) is 1.46. The van der Waals surface area contributed by atoms with Crippen LogP contribution >= 0.6 is 12.2 Å². The van der Waals surface area contributed by atoms with Crippen LogP contribution in [0.15, 0.2) is 0 Å². The fraction of sp³-hybridized carbons (Fsp3) is 0.917. The third kappa shape index (κ3) is 5.63. The average Bonchev–Trinajstić information content (AvgIpc) is 2.42. The standard InChI is InChI=1S/C12H27NOSSi2/c1-16(2,3)14-12(15)8-6-9-13-10-7-11-17(13,4)5/h6-11H2,1-5H3. The second-order valence-corrected chi connectivity index (χ2v) is 16.2. The van der Waals surface area contributed by atoms with E-state index in [9.17, 15) is 0 Å². The summed E-state index contributed by atoms with van der Waals surface area (Å²) in [7, 11) is -2.51. The minimum atomic E-state index is -1.48. The van der Waals surface area contributed by atoms with E-state index in [-0.39, 0.29) is 0 Å². The molecular formula is C12H27NOSSi2. The fourth-order valence-electron chi connectivity index (χ4n) is 2.38. The molecule has 0 unspecified atom stereocenters. The molecule has 5 heteroatoms. The first-order chi connectivity index (χ1) is 7.71. The maximum atomic E-state index is 5.82. The highest BCUT2D eigenvalue weighted by molar-refractivity contribution is 7.80. The number of hydrogen-bond acceptors (Lipinski definition) is 3. The van der Waals surface area contributed by atoms with E-state index in [0.29, 0.717) is 0 Å². The Morgan fingerprint density at radius 1 is 1.35 bits per heavy atom. The molecular weight excluding hydrogens is 262 g/mol. The van der Waals surface area contributed by atoms with Gasteiger partial charge >= 0.3 is 0 Å². The highest BCUT2D eigenvalue weighted by Gasteiger charge is 2.33. The molecule has 0 N–H and O–H groups in total. The minimum Gasteiger partial charge on any atom is -0.540 e. The average molecular weight is 290 g/mol. The molecule has 0 aliphatic carbocycles. The van der Waals surface area contributed by atoms with Crippen LogP contribution in [0.25, 0.3) is 0 Å². The molecule has 17 heavy (non-hydrogen) atoms. The van der Waals surface area contributed by atoms with E-state index in [2.05, 4.69) is 37.3 Å². The van der Waals surface area contributed by atoms with Gasteiger partial charge in [0, 0.05) is 6.42 Å². The third-order valence-corrected chi connectivity index (χ3v) is 8.33. The van der Waals surface area contributed by atoms with Crippen LogP contribution in [0.1, 0.15) is 19.3 Å². The summed E-state index contributed by atoms with van der Waals surface area (Å²) in [5, 5.41) is 0.836. The van der Waals surface area contributed by atoms with Crippen LogP contribution < -0.4 is 0 Å². The van der Waals surface area contributed by atoms with Crippen molar-refractivity contribution in [2.75, 3.05) is 13.1 Å². The molecule has 1 rings (SSSR count). The van der Waals surface area contributed by atoms with Gasteiger partial charge in [-0.1, -0.05) is 13.1 Å². The zero-order valence-corrected chi connectivity index (χ0v) is 14.8. The molecule has 0 atom stereocenters. The topological polar surface area (TPSA) is 12.5 Å². The lowest BCUT2D eigenvalue weighted by Crippen LogP contribution is -2.43. The Bertz CT molecular complexity index is 276. The second-order valence-electron chi connectivity index (χ2n) is 6.59. The molecule has 0 aromatic carbocycles. The first kappa shape index (κ1) is 15.3. The van der Waals surface area contributed by atoms with Crippen molar-refractivity contribution in [3.05, 3.63) is 0 Å². The van der Waals surface area contributed by atoms with Crippen molar-refractivity contribution in [1.82, 2.24) is 4.57 Å². The lowest BCUT2D eigenvalue weighted by atomic mass is 10.3. The molecule has 0 aromatic heterocycles. The molecule has 1 aliphatic heterocycles. The Balaban J connectivity index is 2.22. The normalized spacial score (nSPS) is 20.5. The Labute approximate surface area is 114 Å². The molecule has 1 saturated heterocycles. The monoisotopic (exact) mass is 289 g/mol. The number of hydrogen-bond donors (Lipinski definition) is 0. The molecule has 0 aromatic rings. The fourth-order valence-corrected chi connectivity index (χ4v) is 6.93. The molecule has 1 aliphatic rings. The second kappa shape index (κ2) is 5.95. The summed E-state index contributed by atoms with van der Waals surface area (Å²) in [5.74, 6) is 0. The van der Waals surface area contributed by atoms with Crippen molar-refractivity contribution in [2.24, 2.45) is 0 Å². The first-order valence-corrected chi connectivity index (χ1v) is 13.6. The van der Waals surface area contributed by atoms with Crippen LogP contribution in [-0.4, -0.2) is 39.3 Å². The lowest BCUT2D eigenvalue weighted by molar-refractivity contribution is 0.442. The maximum Gasteiger partial charge on any atom is 0.242 e. The predicted octanol–water partition coefficient (Wildman–Crippen LogP) is 3.86. The van der Waals surface area contributed by atoms with E-state index in [1.54, 1.807) is 0 Å². The summed E-state index contributed by atoms with van der Waals surface area (Å²) in [4.78, 5) is 0. The quantitative estimate of drug-likeness (QED) is 0.563. The number of rotatable bonds is 5. The Kier molecular flexibility index (Phi) is 5.37.